The van der Waals surface area contributed by atoms with Gasteiger partial charge in [0, 0.05) is 19.1 Å². The van der Waals surface area contributed by atoms with Crippen LogP contribution >= 0.6 is 0 Å². The largest absolute Gasteiger partial charge is 0.316 e. The Balaban J connectivity index is 1.91. The quantitative estimate of drug-likeness (QED) is 0.938. The minimum Gasteiger partial charge on any atom is -0.316 e. The Morgan fingerprint density at radius 3 is 2.52 bits per heavy atom. The van der Waals surface area contributed by atoms with Crippen molar-refractivity contribution in [3.8, 4) is 11.1 Å². The van der Waals surface area contributed by atoms with Crippen LogP contribution in [0.4, 0.5) is 0 Å². The van der Waals surface area contributed by atoms with E-state index in [0.29, 0.717) is 18.0 Å². The van der Waals surface area contributed by atoms with Crippen molar-refractivity contribution in [3.63, 3.8) is 0 Å². The minimum absolute atomic E-state index is 0.232. The molecule has 0 amide bonds. The molecule has 1 N–H and O–H groups in total. The first-order valence-corrected chi connectivity index (χ1v) is 9.38. The Hall–Kier alpha value is -1.69. The highest BCUT2D eigenvalue weighted by Crippen LogP contribution is 2.25. The first kappa shape index (κ1) is 16.2. The van der Waals surface area contributed by atoms with Gasteiger partial charge in [-0.1, -0.05) is 42.5 Å². The van der Waals surface area contributed by atoms with E-state index < -0.39 is 10.0 Å². The molecule has 5 heteroatoms. The second-order valence-electron chi connectivity index (χ2n) is 5.88. The monoisotopic (exact) mass is 330 g/mol. The van der Waals surface area contributed by atoms with Gasteiger partial charge in [0.2, 0.25) is 10.0 Å². The van der Waals surface area contributed by atoms with E-state index in [2.05, 4.69) is 5.32 Å². The van der Waals surface area contributed by atoms with Gasteiger partial charge in [-0.05, 0) is 43.1 Å². The van der Waals surface area contributed by atoms with Crippen LogP contribution < -0.4 is 5.32 Å². The summed E-state index contributed by atoms with van der Waals surface area (Å²) in [7, 11) is -1.56. The van der Waals surface area contributed by atoms with Crippen LogP contribution in [-0.2, 0) is 10.0 Å². The summed E-state index contributed by atoms with van der Waals surface area (Å²) >= 11 is 0. The van der Waals surface area contributed by atoms with Crippen LogP contribution in [0, 0.1) is 0 Å². The molecule has 1 unspecified atom stereocenters. The number of likely N-dealkylation sites (N-methyl/N-ethyl adjacent to an activating group) is 1. The predicted octanol–water partition coefficient (Wildman–Crippen LogP) is 2.73. The van der Waals surface area contributed by atoms with Crippen LogP contribution in [0.5, 0.6) is 0 Å². The van der Waals surface area contributed by atoms with Crippen molar-refractivity contribution in [2.75, 3.05) is 20.1 Å². The first-order chi connectivity index (χ1) is 11.1. The van der Waals surface area contributed by atoms with Crippen LogP contribution in [0.2, 0.25) is 0 Å². The maximum atomic E-state index is 12.9. The second-order valence-corrected chi connectivity index (χ2v) is 7.82. The average Bonchev–Trinajstić information content (AvgIpc) is 2.62. The van der Waals surface area contributed by atoms with Gasteiger partial charge in [-0.15, -0.1) is 0 Å². The molecule has 0 aromatic heterocycles. The summed E-state index contributed by atoms with van der Waals surface area (Å²) in [5.74, 6) is 0. The summed E-state index contributed by atoms with van der Waals surface area (Å²) in [6.07, 6.45) is 1.91. The maximum absolute atomic E-state index is 12.9. The molecule has 122 valence electrons. The molecule has 1 atom stereocenters. The Labute approximate surface area is 138 Å². The van der Waals surface area contributed by atoms with Crippen molar-refractivity contribution in [2.45, 2.75) is 23.8 Å². The normalized spacial score (nSPS) is 19.6. The van der Waals surface area contributed by atoms with Crippen LogP contribution in [0.3, 0.4) is 0 Å². The zero-order chi connectivity index (χ0) is 16.3. The van der Waals surface area contributed by atoms with Crippen molar-refractivity contribution < 1.29 is 8.42 Å². The fraction of sp³-hybridized carbons (Fsp3) is 0.333. The summed E-state index contributed by atoms with van der Waals surface area (Å²) in [4.78, 5) is 0.371. The Bertz CT molecular complexity index is 760. The van der Waals surface area contributed by atoms with Crippen molar-refractivity contribution in [1.29, 1.82) is 0 Å². The van der Waals surface area contributed by atoms with Gasteiger partial charge in [-0.3, -0.25) is 0 Å². The van der Waals surface area contributed by atoms with Crippen LogP contribution in [0.1, 0.15) is 12.8 Å². The molecule has 1 fully saturated rings. The Morgan fingerprint density at radius 1 is 1.04 bits per heavy atom. The highest BCUT2D eigenvalue weighted by Gasteiger charge is 2.29. The molecular weight excluding hydrogens is 308 g/mol. The minimum atomic E-state index is -3.44. The summed E-state index contributed by atoms with van der Waals surface area (Å²) < 4.78 is 27.5. The van der Waals surface area contributed by atoms with Gasteiger partial charge in [-0.25, -0.2) is 8.42 Å². The lowest BCUT2D eigenvalue weighted by Gasteiger charge is -2.31. The molecule has 3 rings (SSSR count). The maximum Gasteiger partial charge on any atom is 0.243 e. The SMILES string of the molecule is CNC1CCCN(S(=O)(=O)c2cccc(-c3ccccc3)c2)C1. The summed E-state index contributed by atoms with van der Waals surface area (Å²) in [6.45, 7) is 1.13. The van der Waals surface area contributed by atoms with E-state index in [1.54, 1.807) is 16.4 Å². The molecule has 1 heterocycles. The molecule has 0 radical (unpaired) electrons. The third-order valence-electron chi connectivity index (χ3n) is 4.37. The van der Waals surface area contributed by atoms with Gasteiger partial charge in [0.15, 0.2) is 0 Å². The summed E-state index contributed by atoms with van der Waals surface area (Å²) in [5, 5.41) is 3.19. The molecule has 2 aromatic rings. The third-order valence-corrected chi connectivity index (χ3v) is 6.23. The van der Waals surface area contributed by atoms with Crippen molar-refractivity contribution in [3.05, 3.63) is 54.6 Å². The lowest BCUT2D eigenvalue weighted by atomic mass is 10.1. The highest BCUT2D eigenvalue weighted by atomic mass is 32.2. The molecule has 1 saturated heterocycles. The van der Waals surface area contributed by atoms with Gasteiger partial charge >= 0.3 is 0 Å². The van der Waals surface area contributed by atoms with Crippen molar-refractivity contribution in [2.24, 2.45) is 0 Å². The molecule has 2 aromatic carbocycles. The van der Waals surface area contributed by atoms with Gasteiger partial charge in [0.1, 0.15) is 0 Å². The molecule has 0 bridgehead atoms. The Morgan fingerprint density at radius 2 is 1.78 bits per heavy atom. The molecule has 23 heavy (non-hydrogen) atoms. The fourth-order valence-corrected chi connectivity index (χ4v) is 4.58. The summed E-state index contributed by atoms with van der Waals surface area (Å²) in [6, 6.07) is 17.3. The van der Waals surface area contributed by atoms with E-state index in [-0.39, 0.29) is 6.04 Å². The van der Waals surface area contributed by atoms with Gasteiger partial charge in [0.05, 0.1) is 4.90 Å². The van der Waals surface area contributed by atoms with Crippen LogP contribution in [-0.4, -0.2) is 38.9 Å². The van der Waals surface area contributed by atoms with Gasteiger partial charge in [-0.2, -0.15) is 4.31 Å². The number of rotatable bonds is 4. The fourth-order valence-electron chi connectivity index (χ4n) is 3.01. The third kappa shape index (κ3) is 3.47. The number of piperidine rings is 1. The Kier molecular flexibility index (Phi) is 4.80. The number of nitrogens with one attached hydrogen (secondary N) is 1. The molecule has 0 saturated carbocycles. The van der Waals surface area contributed by atoms with Crippen LogP contribution in [0.15, 0.2) is 59.5 Å². The van der Waals surface area contributed by atoms with Gasteiger partial charge < -0.3 is 5.32 Å². The molecule has 0 spiro atoms. The van der Waals surface area contributed by atoms with E-state index in [1.807, 2.05) is 49.5 Å². The standard InChI is InChI=1S/C18H22N2O2S/c1-19-17-10-6-12-20(14-17)23(21,22)18-11-5-9-16(13-18)15-7-3-2-4-8-15/h2-5,7-9,11,13,17,19H,6,10,12,14H2,1H3. The second kappa shape index (κ2) is 6.83. The highest BCUT2D eigenvalue weighted by molar-refractivity contribution is 7.89. The topological polar surface area (TPSA) is 49.4 Å². The zero-order valence-electron chi connectivity index (χ0n) is 13.3. The lowest BCUT2D eigenvalue weighted by molar-refractivity contribution is 0.293. The van der Waals surface area contributed by atoms with Crippen molar-refractivity contribution in [1.82, 2.24) is 9.62 Å². The number of benzene rings is 2. The van der Waals surface area contributed by atoms with Crippen LogP contribution in [0.25, 0.3) is 11.1 Å². The first-order valence-electron chi connectivity index (χ1n) is 7.94. The number of hydrogen-bond donors (Lipinski definition) is 1. The smallest absolute Gasteiger partial charge is 0.243 e. The molecule has 1 aliphatic rings. The molecule has 0 aliphatic carbocycles. The van der Waals surface area contributed by atoms with E-state index in [4.69, 9.17) is 0 Å². The number of sulfonamides is 1. The number of nitrogens with zero attached hydrogens (tertiary/aromatic N) is 1. The van der Waals surface area contributed by atoms with E-state index in [1.165, 1.54) is 0 Å². The number of hydrogen-bond acceptors (Lipinski definition) is 3. The lowest BCUT2D eigenvalue weighted by Crippen LogP contribution is -2.46. The van der Waals surface area contributed by atoms with Gasteiger partial charge in [0.25, 0.3) is 0 Å². The van der Waals surface area contributed by atoms with E-state index in [9.17, 15) is 8.42 Å². The molecule has 1 aliphatic heterocycles. The molecular formula is C18H22N2O2S. The van der Waals surface area contributed by atoms with E-state index in [0.717, 1.165) is 24.0 Å². The average molecular weight is 330 g/mol. The molecule has 4 nitrogen and oxygen atoms in total. The zero-order valence-corrected chi connectivity index (χ0v) is 14.1. The predicted molar refractivity (Wildman–Crippen MR) is 92.7 cm³/mol. The summed E-state index contributed by atoms with van der Waals surface area (Å²) in [5.41, 5.74) is 1.95. The van der Waals surface area contributed by atoms with Crippen molar-refractivity contribution >= 4 is 10.0 Å². The van der Waals surface area contributed by atoms with E-state index >= 15 is 0 Å².